The number of alkyl halides is 1. The van der Waals surface area contributed by atoms with E-state index in [9.17, 15) is 0 Å². The van der Waals surface area contributed by atoms with Crippen molar-refractivity contribution in [2.45, 2.75) is 25.8 Å². The largest absolute Gasteiger partial charge is 0.361 e. The Morgan fingerprint density at radius 3 is 2.85 bits per heavy atom. The van der Waals surface area contributed by atoms with E-state index in [1.807, 2.05) is 42.7 Å². The molecule has 20 heavy (non-hydrogen) atoms. The van der Waals surface area contributed by atoms with Gasteiger partial charge in [0, 0.05) is 6.07 Å². The predicted octanol–water partition coefficient (Wildman–Crippen LogP) is 4.33. The minimum absolute atomic E-state index is 0.216. The van der Waals surface area contributed by atoms with Gasteiger partial charge in [-0.1, -0.05) is 22.8 Å². The first-order valence-corrected chi connectivity index (χ1v) is 7.08. The van der Waals surface area contributed by atoms with Crippen molar-refractivity contribution in [2.75, 3.05) is 0 Å². The third-order valence-electron chi connectivity index (χ3n) is 3.10. The minimum atomic E-state index is -0.216. The van der Waals surface area contributed by atoms with Crippen molar-refractivity contribution < 1.29 is 4.52 Å². The lowest BCUT2D eigenvalue weighted by Crippen LogP contribution is -2.06. The minimum Gasteiger partial charge on any atom is -0.361 e. The molecule has 0 aliphatic carbocycles. The van der Waals surface area contributed by atoms with E-state index in [0.29, 0.717) is 11.6 Å². The molecule has 0 radical (unpaired) electrons. The Kier molecular flexibility index (Phi) is 3.44. The molecule has 3 rings (SSSR count). The van der Waals surface area contributed by atoms with Crippen molar-refractivity contribution in [3.05, 3.63) is 46.6 Å². The van der Waals surface area contributed by atoms with Crippen molar-refractivity contribution >= 4 is 34.2 Å². The average Bonchev–Trinajstić information content (AvgIpc) is 2.95. The molecule has 0 aliphatic rings. The van der Waals surface area contributed by atoms with Crippen LogP contribution in [0.1, 0.15) is 29.6 Å². The lowest BCUT2D eigenvalue weighted by atomic mass is 10.3. The van der Waals surface area contributed by atoms with Gasteiger partial charge >= 0.3 is 0 Å². The van der Waals surface area contributed by atoms with Crippen LogP contribution in [0, 0.1) is 6.92 Å². The summed E-state index contributed by atoms with van der Waals surface area (Å²) in [6, 6.07) is 7.55. The predicted molar refractivity (Wildman–Crippen MR) is 79.4 cm³/mol. The molecule has 0 bridgehead atoms. The van der Waals surface area contributed by atoms with Gasteiger partial charge in [-0.15, -0.1) is 11.6 Å². The number of rotatable bonds is 3. The van der Waals surface area contributed by atoms with Crippen LogP contribution in [0.25, 0.3) is 11.0 Å². The van der Waals surface area contributed by atoms with Crippen LogP contribution in [0.4, 0.5) is 0 Å². The molecule has 2 heterocycles. The molecule has 2 aromatic heterocycles. The second-order valence-corrected chi connectivity index (χ2v) is 5.77. The summed E-state index contributed by atoms with van der Waals surface area (Å²) in [7, 11) is 0. The van der Waals surface area contributed by atoms with E-state index in [1.165, 1.54) is 0 Å². The fraction of sp³-hybridized carbons (Fsp3) is 0.286. The van der Waals surface area contributed by atoms with E-state index in [4.69, 9.17) is 27.7 Å². The van der Waals surface area contributed by atoms with Gasteiger partial charge in [-0.3, -0.25) is 0 Å². The number of aryl methyl sites for hydroxylation is 1. The molecular weight excluding hydrogens is 297 g/mol. The molecule has 4 nitrogen and oxygen atoms in total. The van der Waals surface area contributed by atoms with Crippen LogP contribution in [0.15, 0.2) is 28.8 Å². The summed E-state index contributed by atoms with van der Waals surface area (Å²) < 4.78 is 7.10. The van der Waals surface area contributed by atoms with Crippen LogP contribution in [0.2, 0.25) is 5.02 Å². The molecule has 0 N–H and O–H groups in total. The smallest absolute Gasteiger partial charge is 0.133 e. The van der Waals surface area contributed by atoms with Crippen LogP contribution >= 0.6 is 23.2 Å². The van der Waals surface area contributed by atoms with E-state index in [2.05, 4.69) is 10.1 Å². The quantitative estimate of drug-likeness (QED) is 0.676. The van der Waals surface area contributed by atoms with Gasteiger partial charge in [-0.25, -0.2) is 4.98 Å². The molecule has 6 heteroatoms. The molecule has 0 saturated carbocycles. The summed E-state index contributed by atoms with van der Waals surface area (Å²) in [5.41, 5.74) is 2.53. The van der Waals surface area contributed by atoms with Crippen molar-refractivity contribution in [1.82, 2.24) is 14.7 Å². The summed E-state index contributed by atoms with van der Waals surface area (Å²) in [6.45, 7) is 4.28. The molecule has 0 amide bonds. The topological polar surface area (TPSA) is 43.9 Å². The van der Waals surface area contributed by atoms with E-state index in [0.717, 1.165) is 28.3 Å². The monoisotopic (exact) mass is 309 g/mol. The zero-order valence-corrected chi connectivity index (χ0v) is 12.6. The van der Waals surface area contributed by atoms with Crippen LogP contribution < -0.4 is 0 Å². The molecule has 0 aliphatic heterocycles. The van der Waals surface area contributed by atoms with Gasteiger partial charge in [0.15, 0.2) is 0 Å². The molecule has 0 spiro atoms. The molecule has 0 fully saturated rings. The van der Waals surface area contributed by atoms with Crippen LogP contribution in [-0.4, -0.2) is 14.7 Å². The number of imidazole rings is 1. The Labute approximate surface area is 126 Å². The molecule has 1 aromatic carbocycles. The lowest BCUT2D eigenvalue weighted by Gasteiger charge is -2.09. The number of fused-ring (bicyclic) bond motifs is 1. The molecular formula is C14H13Cl2N3O. The molecule has 104 valence electrons. The second-order valence-electron chi connectivity index (χ2n) is 4.71. The Morgan fingerprint density at radius 1 is 1.40 bits per heavy atom. The summed E-state index contributed by atoms with van der Waals surface area (Å²) >= 11 is 12.5. The Balaban J connectivity index is 2.18. The highest BCUT2D eigenvalue weighted by atomic mass is 35.5. The van der Waals surface area contributed by atoms with E-state index in [1.54, 1.807) is 0 Å². The highest BCUT2D eigenvalue weighted by Crippen LogP contribution is 2.29. The number of aromatic nitrogens is 3. The SMILES string of the molecule is Cc1cc(Cn2c(C(C)Cl)nc3cccc(Cl)c32)no1. The number of nitrogens with zero attached hydrogens (tertiary/aromatic N) is 3. The maximum Gasteiger partial charge on any atom is 0.133 e. The first kappa shape index (κ1) is 13.5. The highest BCUT2D eigenvalue weighted by molar-refractivity contribution is 6.35. The Morgan fingerprint density at radius 2 is 2.20 bits per heavy atom. The zero-order valence-electron chi connectivity index (χ0n) is 11.1. The van der Waals surface area contributed by atoms with Crippen molar-refractivity contribution in [3.8, 4) is 0 Å². The normalized spacial score (nSPS) is 13.0. The van der Waals surface area contributed by atoms with Gasteiger partial charge in [-0.05, 0) is 26.0 Å². The number of halogens is 2. The summed E-state index contributed by atoms with van der Waals surface area (Å²) in [6.07, 6.45) is 0. The van der Waals surface area contributed by atoms with Crippen molar-refractivity contribution in [1.29, 1.82) is 0 Å². The fourth-order valence-corrected chi connectivity index (χ4v) is 2.72. The zero-order chi connectivity index (χ0) is 14.3. The first-order valence-electron chi connectivity index (χ1n) is 6.27. The van der Waals surface area contributed by atoms with Gasteiger partial charge in [0.1, 0.15) is 17.3 Å². The Hall–Kier alpha value is -1.52. The van der Waals surface area contributed by atoms with Crippen LogP contribution in [0.5, 0.6) is 0 Å². The number of hydrogen-bond donors (Lipinski definition) is 0. The summed E-state index contributed by atoms with van der Waals surface area (Å²) in [5, 5.41) is 4.45. The van der Waals surface area contributed by atoms with Gasteiger partial charge in [0.25, 0.3) is 0 Å². The second kappa shape index (κ2) is 5.11. The van der Waals surface area contributed by atoms with Crippen molar-refractivity contribution in [3.63, 3.8) is 0 Å². The Bertz CT molecular complexity index is 761. The molecule has 1 atom stereocenters. The van der Waals surface area contributed by atoms with Gasteiger partial charge < -0.3 is 9.09 Å². The first-order chi connectivity index (χ1) is 9.56. The van der Waals surface area contributed by atoms with E-state index < -0.39 is 0 Å². The summed E-state index contributed by atoms with van der Waals surface area (Å²) in [5.74, 6) is 1.55. The summed E-state index contributed by atoms with van der Waals surface area (Å²) in [4.78, 5) is 4.56. The molecule has 0 saturated heterocycles. The van der Waals surface area contributed by atoms with Gasteiger partial charge in [0.2, 0.25) is 0 Å². The fourth-order valence-electron chi connectivity index (χ4n) is 2.28. The standard InChI is InChI=1S/C14H13Cl2N3O/c1-8-6-10(18-20-8)7-19-13-11(16)4-3-5-12(13)17-14(19)9(2)15/h3-6,9H,7H2,1-2H3. The third-order valence-corrected chi connectivity index (χ3v) is 3.60. The van der Waals surface area contributed by atoms with Gasteiger partial charge in [0.05, 0.1) is 28.0 Å². The third kappa shape index (κ3) is 2.30. The van der Waals surface area contributed by atoms with E-state index >= 15 is 0 Å². The number of hydrogen-bond acceptors (Lipinski definition) is 3. The lowest BCUT2D eigenvalue weighted by molar-refractivity contribution is 0.389. The maximum absolute atomic E-state index is 6.30. The maximum atomic E-state index is 6.30. The van der Waals surface area contributed by atoms with Crippen molar-refractivity contribution in [2.24, 2.45) is 0 Å². The number of benzene rings is 1. The average molecular weight is 310 g/mol. The van der Waals surface area contributed by atoms with E-state index in [-0.39, 0.29) is 5.38 Å². The molecule has 1 unspecified atom stereocenters. The van der Waals surface area contributed by atoms with Crippen LogP contribution in [0.3, 0.4) is 0 Å². The number of para-hydroxylation sites is 1. The van der Waals surface area contributed by atoms with Crippen LogP contribution in [-0.2, 0) is 6.54 Å². The highest BCUT2D eigenvalue weighted by Gasteiger charge is 2.18. The van der Waals surface area contributed by atoms with Gasteiger partial charge in [-0.2, -0.15) is 0 Å². The molecule has 3 aromatic rings.